The number of aliphatic hydroxyl groups excluding tert-OH is 5. The van der Waals surface area contributed by atoms with Crippen LogP contribution in [0.1, 0.15) is 19.0 Å². The van der Waals surface area contributed by atoms with Crippen LogP contribution < -0.4 is 0 Å². The smallest absolute Gasteiger partial charge is 0.186 e. The van der Waals surface area contributed by atoms with Crippen LogP contribution in [0.3, 0.4) is 0 Å². The Labute approximate surface area is 150 Å². The second-order valence-corrected chi connectivity index (χ2v) is 6.26. The van der Waals surface area contributed by atoms with Crippen molar-refractivity contribution in [2.45, 2.75) is 63.3 Å². The first-order valence-electron chi connectivity index (χ1n) is 8.49. The molecule has 1 aromatic heterocycles. The fraction of sp³-hybridized carbons (Fsp3) is 0.867. The molecule has 150 valence electrons. The first-order chi connectivity index (χ1) is 12.4. The van der Waals surface area contributed by atoms with Crippen LogP contribution in [-0.2, 0) is 27.4 Å². The van der Waals surface area contributed by atoms with Crippen molar-refractivity contribution < 1.29 is 39.7 Å². The van der Waals surface area contributed by atoms with Gasteiger partial charge in [-0.2, -0.15) is 0 Å². The standard InChI is InChI=1S/C15H27N3O8/c1-9(20)5-18-6-10(16-17-18)8-24-3-2-4-25-15-14(23)13(22)12(21)11(7-19)26-15/h6,9,11-15,19-23H,2-5,7-8H2,1H3. The topological polar surface area (TPSA) is 160 Å². The minimum atomic E-state index is -1.45. The van der Waals surface area contributed by atoms with Gasteiger partial charge in [-0.3, -0.25) is 0 Å². The first-order valence-corrected chi connectivity index (χ1v) is 8.49. The average Bonchev–Trinajstić information content (AvgIpc) is 3.04. The summed E-state index contributed by atoms with van der Waals surface area (Å²) in [5.74, 6) is 0. The van der Waals surface area contributed by atoms with Crippen LogP contribution in [0.4, 0.5) is 0 Å². The van der Waals surface area contributed by atoms with E-state index in [-0.39, 0.29) is 13.2 Å². The third-order valence-corrected chi connectivity index (χ3v) is 3.85. The Kier molecular flexibility index (Phi) is 8.31. The van der Waals surface area contributed by atoms with Gasteiger partial charge in [0.25, 0.3) is 0 Å². The Balaban J connectivity index is 1.62. The summed E-state index contributed by atoms with van der Waals surface area (Å²) in [6.45, 7) is 2.34. The van der Waals surface area contributed by atoms with Crippen LogP contribution in [0, 0.1) is 0 Å². The van der Waals surface area contributed by atoms with Crippen LogP contribution in [0.5, 0.6) is 0 Å². The molecule has 0 spiro atoms. The van der Waals surface area contributed by atoms with Crippen molar-refractivity contribution in [1.29, 1.82) is 0 Å². The predicted molar refractivity (Wildman–Crippen MR) is 85.7 cm³/mol. The van der Waals surface area contributed by atoms with Crippen LogP contribution >= 0.6 is 0 Å². The average molecular weight is 377 g/mol. The highest BCUT2D eigenvalue weighted by molar-refractivity contribution is 4.90. The van der Waals surface area contributed by atoms with Gasteiger partial charge >= 0.3 is 0 Å². The van der Waals surface area contributed by atoms with Crippen LogP contribution in [-0.4, -0.2) is 97.2 Å². The highest BCUT2D eigenvalue weighted by Crippen LogP contribution is 2.21. The number of ether oxygens (including phenoxy) is 3. The van der Waals surface area contributed by atoms with Gasteiger partial charge in [0.2, 0.25) is 0 Å². The normalized spacial score (nSPS) is 30.5. The van der Waals surface area contributed by atoms with Crippen molar-refractivity contribution in [1.82, 2.24) is 15.0 Å². The molecule has 0 saturated carbocycles. The van der Waals surface area contributed by atoms with Crippen molar-refractivity contribution in [3.63, 3.8) is 0 Å². The predicted octanol–water partition coefficient (Wildman–Crippen LogP) is -2.62. The molecule has 1 saturated heterocycles. The minimum absolute atomic E-state index is 0.192. The van der Waals surface area contributed by atoms with E-state index in [4.69, 9.17) is 19.3 Å². The van der Waals surface area contributed by atoms with E-state index in [2.05, 4.69) is 10.3 Å². The van der Waals surface area contributed by atoms with Crippen molar-refractivity contribution in [2.75, 3.05) is 19.8 Å². The third kappa shape index (κ3) is 5.93. The monoisotopic (exact) mass is 377 g/mol. The highest BCUT2D eigenvalue weighted by Gasteiger charge is 2.43. The largest absolute Gasteiger partial charge is 0.394 e. The summed E-state index contributed by atoms with van der Waals surface area (Å²) in [7, 11) is 0. The van der Waals surface area contributed by atoms with Gasteiger partial charge in [-0.25, -0.2) is 4.68 Å². The molecule has 0 radical (unpaired) electrons. The summed E-state index contributed by atoms with van der Waals surface area (Å²) < 4.78 is 17.6. The van der Waals surface area contributed by atoms with Crippen molar-refractivity contribution in [3.8, 4) is 0 Å². The zero-order valence-electron chi connectivity index (χ0n) is 14.6. The van der Waals surface area contributed by atoms with E-state index in [9.17, 15) is 20.4 Å². The van der Waals surface area contributed by atoms with Gasteiger partial charge in [-0.15, -0.1) is 5.10 Å². The van der Waals surface area contributed by atoms with Crippen LogP contribution in [0.2, 0.25) is 0 Å². The third-order valence-electron chi connectivity index (χ3n) is 3.85. The molecule has 1 aromatic rings. The lowest BCUT2D eigenvalue weighted by atomic mass is 9.99. The van der Waals surface area contributed by atoms with E-state index in [1.54, 1.807) is 13.1 Å². The number of hydrogen-bond donors (Lipinski definition) is 5. The van der Waals surface area contributed by atoms with E-state index >= 15 is 0 Å². The molecule has 26 heavy (non-hydrogen) atoms. The Bertz CT molecular complexity index is 527. The van der Waals surface area contributed by atoms with Crippen molar-refractivity contribution in [2.24, 2.45) is 0 Å². The Morgan fingerprint density at radius 3 is 2.69 bits per heavy atom. The lowest BCUT2D eigenvalue weighted by molar-refractivity contribution is -0.301. The zero-order chi connectivity index (χ0) is 19.1. The minimum Gasteiger partial charge on any atom is -0.394 e. The summed E-state index contributed by atoms with van der Waals surface area (Å²) in [6.07, 6.45) is -4.70. The number of aromatic nitrogens is 3. The molecule has 0 amide bonds. The molecule has 1 aliphatic heterocycles. The number of nitrogens with zero attached hydrogens (tertiary/aromatic N) is 3. The molecule has 1 aliphatic rings. The second-order valence-electron chi connectivity index (χ2n) is 6.26. The molecule has 11 nitrogen and oxygen atoms in total. The molecule has 0 bridgehead atoms. The summed E-state index contributed by atoms with van der Waals surface area (Å²) in [6, 6.07) is 0. The van der Waals surface area contributed by atoms with Gasteiger partial charge in [0.05, 0.1) is 38.7 Å². The summed E-state index contributed by atoms with van der Waals surface area (Å²) >= 11 is 0. The number of aliphatic hydroxyl groups is 5. The van der Waals surface area contributed by atoms with E-state index in [1.165, 1.54) is 4.68 Å². The van der Waals surface area contributed by atoms with Crippen molar-refractivity contribution in [3.05, 3.63) is 11.9 Å². The molecule has 6 atom stereocenters. The lowest BCUT2D eigenvalue weighted by Gasteiger charge is -2.39. The van der Waals surface area contributed by atoms with Gasteiger partial charge in [0.15, 0.2) is 6.29 Å². The van der Waals surface area contributed by atoms with Crippen LogP contribution in [0.15, 0.2) is 6.20 Å². The Hall–Kier alpha value is -1.18. The molecule has 2 rings (SSSR count). The van der Waals surface area contributed by atoms with E-state index in [0.29, 0.717) is 25.3 Å². The maximum absolute atomic E-state index is 9.83. The van der Waals surface area contributed by atoms with Crippen molar-refractivity contribution >= 4 is 0 Å². The summed E-state index contributed by atoms with van der Waals surface area (Å²) in [5.41, 5.74) is 0.639. The van der Waals surface area contributed by atoms with E-state index in [0.717, 1.165) is 0 Å². The number of rotatable bonds is 10. The van der Waals surface area contributed by atoms with E-state index < -0.39 is 43.4 Å². The van der Waals surface area contributed by atoms with Gasteiger partial charge < -0.3 is 39.7 Å². The second kappa shape index (κ2) is 10.2. The zero-order valence-corrected chi connectivity index (χ0v) is 14.6. The quantitative estimate of drug-likeness (QED) is 0.273. The SMILES string of the molecule is CC(O)Cn1cc(COCCCOC2OC(CO)C(O)C(O)C2O)nn1. The molecule has 5 N–H and O–H groups in total. The molecule has 2 heterocycles. The lowest BCUT2D eigenvalue weighted by Crippen LogP contribution is -2.59. The fourth-order valence-corrected chi connectivity index (χ4v) is 2.51. The van der Waals surface area contributed by atoms with Crippen LogP contribution in [0.25, 0.3) is 0 Å². The summed E-state index contributed by atoms with van der Waals surface area (Å²) in [4.78, 5) is 0. The molecule has 1 fully saturated rings. The van der Waals surface area contributed by atoms with Gasteiger partial charge in [-0.05, 0) is 13.3 Å². The fourth-order valence-electron chi connectivity index (χ4n) is 2.51. The maximum Gasteiger partial charge on any atom is 0.186 e. The Morgan fingerprint density at radius 2 is 2.00 bits per heavy atom. The molecule has 6 unspecified atom stereocenters. The molecule has 11 heteroatoms. The number of hydrogen-bond acceptors (Lipinski definition) is 10. The highest BCUT2D eigenvalue weighted by atomic mass is 16.7. The first kappa shape index (κ1) is 21.1. The maximum atomic E-state index is 9.83. The van der Waals surface area contributed by atoms with Gasteiger partial charge in [0.1, 0.15) is 30.1 Å². The molecular formula is C15H27N3O8. The van der Waals surface area contributed by atoms with Gasteiger partial charge in [0, 0.05) is 6.61 Å². The van der Waals surface area contributed by atoms with Gasteiger partial charge in [-0.1, -0.05) is 5.21 Å². The molecule has 0 aliphatic carbocycles. The molecule has 0 aromatic carbocycles. The Morgan fingerprint density at radius 1 is 1.23 bits per heavy atom. The summed E-state index contributed by atoms with van der Waals surface area (Å²) in [5, 5.41) is 55.3. The molecular weight excluding hydrogens is 350 g/mol. The van der Waals surface area contributed by atoms with E-state index in [1.807, 2.05) is 0 Å².